The van der Waals surface area contributed by atoms with Crippen molar-refractivity contribution in [1.29, 1.82) is 0 Å². The van der Waals surface area contributed by atoms with E-state index in [2.05, 4.69) is 0 Å². The molecule has 0 atom stereocenters. The summed E-state index contributed by atoms with van der Waals surface area (Å²) in [5.41, 5.74) is 0. The molecule has 2 fully saturated rings. The van der Waals surface area contributed by atoms with Gasteiger partial charge >= 0.3 is 0 Å². The quantitative estimate of drug-likeness (QED) is 0.603. The van der Waals surface area contributed by atoms with Gasteiger partial charge in [0.1, 0.15) is 0 Å². The second-order valence-electron chi connectivity index (χ2n) is 3.75. The Balaban J connectivity index is 1.82. The van der Waals surface area contributed by atoms with Crippen LogP contribution in [0.15, 0.2) is 0 Å². The van der Waals surface area contributed by atoms with Gasteiger partial charge in [-0.1, -0.05) is 0 Å². The average Bonchev–Trinajstić information content (AvgIpc) is 2.72. The van der Waals surface area contributed by atoms with Gasteiger partial charge in [0.2, 0.25) is 5.91 Å². The first-order valence-corrected chi connectivity index (χ1v) is 4.55. The van der Waals surface area contributed by atoms with Crippen LogP contribution in [0, 0.1) is 5.92 Å². The van der Waals surface area contributed by atoms with Gasteiger partial charge in [0, 0.05) is 19.4 Å². The lowest BCUT2D eigenvalue weighted by Crippen LogP contribution is -2.28. The lowest BCUT2D eigenvalue weighted by molar-refractivity contribution is -0.132. The second-order valence-corrected chi connectivity index (χ2v) is 3.75. The minimum absolute atomic E-state index is 0.184. The number of likely N-dealkylation sites (tertiary alicyclic amines) is 1. The molecule has 1 aliphatic carbocycles. The SMILES string of the molecule is O=C1CCN(C(=O)CC2CC2)C1. The lowest BCUT2D eigenvalue weighted by Gasteiger charge is -2.13. The number of nitrogens with zero attached hydrogens (tertiary/aromatic N) is 1. The van der Waals surface area contributed by atoms with Gasteiger partial charge in [-0.15, -0.1) is 0 Å². The molecule has 1 saturated carbocycles. The molecule has 0 aromatic carbocycles. The molecule has 3 nitrogen and oxygen atoms in total. The second kappa shape index (κ2) is 2.88. The first-order valence-electron chi connectivity index (χ1n) is 4.55. The van der Waals surface area contributed by atoms with Crippen molar-refractivity contribution in [2.45, 2.75) is 25.7 Å². The molecule has 12 heavy (non-hydrogen) atoms. The molecule has 0 aromatic heterocycles. The van der Waals surface area contributed by atoms with E-state index >= 15 is 0 Å². The van der Waals surface area contributed by atoms with Crippen LogP contribution in [0.2, 0.25) is 0 Å². The van der Waals surface area contributed by atoms with Gasteiger partial charge in [-0.25, -0.2) is 0 Å². The highest BCUT2D eigenvalue weighted by Gasteiger charge is 2.29. The molecule has 0 spiro atoms. The molecule has 2 rings (SSSR count). The number of carbonyl (C=O) groups excluding carboxylic acids is 2. The minimum atomic E-state index is 0.184. The largest absolute Gasteiger partial charge is 0.335 e. The Bertz CT molecular complexity index is 221. The van der Waals surface area contributed by atoms with E-state index in [1.807, 2.05) is 0 Å². The first kappa shape index (κ1) is 7.77. The van der Waals surface area contributed by atoms with Crippen molar-refractivity contribution >= 4 is 11.7 Å². The molecular weight excluding hydrogens is 154 g/mol. The van der Waals surface area contributed by atoms with Gasteiger partial charge in [-0.2, -0.15) is 0 Å². The van der Waals surface area contributed by atoms with Gasteiger partial charge in [-0.3, -0.25) is 9.59 Å². The number of ketones is 1. The third-order valence-corrected chi connectivity index (χ3v) is 2.54. The Morgan fingerprint density at radius 1 is 1.50 bits per heavy atom. The number of hydrogen-bond acceptors (Lipinski definition) is 2. The van der Waals surface area contributed by atoms with Crippen molar-refractivity contribution in [3.63, 3.8) is 0 Å². The van der Waals surface area contributed by atoms with Gasteiger partial charge < -0.3 is 4.90 Å². The molecule has 1 aliphatic heterocycles. The average molecular weight is 167 g/mol. The molecule has 0 unspecified atom stereocenters. The van der Waals surface area contributed by atoms with E-state index in [0.29, 0.717) is 31.8 Å². The van der Waals surface area contributed by atoms with E-state index in [9.17, 15) is 9.59 Å². The minimum Gasteiger partial charge on any atom is -0.335 e. The zero-order valence-corrected chi connectivity index (χ0v) is 7.08. The summed E-state index contributed by atoms with van der Waals surface area (Å²) in [6.07, 6.45) is 3.64. The molecule has 2 aliphatic rings. The summed E-state index contributed by atoms with van der Waals surface area (Å²) in [6.45, 7) is 1.02. The number of carbonyl (C=O) groups is 2. The van der Waals surface area contributed by atoms with Gasteiger partial charge in [0.15, 0.2) is 5.78 Å². The van der Waals surface area contributed by atoms with E-state index < -0.39 is 0 Å². The molecule has 1 amide bonds. The van der Waals surface area contributed by atoms with Crippen LogP contribution in [0.3, 0.4) is 0 Å². The third kappa shape index (κ3) is 1.65. The van der Waals surface area contributed by atoms with Gasteiger partial charge in [0.25, 0.3) is 0 Å². The fourth-order valence-corrected chi connectivity index (χ4v) is 1.54. The van der Waals surface area contributed by atoms with Crippen molar-refractivity contribution in [3.8, 4) is 0 Å². The zero-order valence-electron chi connectivity index (χ0n) is 7.08. The summed E-state index contributed by atoms with van der Waals surface area (Å²) >= 11 is 0. The fourth-order valence-electron chi connectivity index (χ4n) is 1.54. The van der Waals surface area contributed by atoms with Gasteiger partial charge in [-0.05, 0) is 18.8 Å². The summed E-state index contributed by atoms with van der Waals surface area (Å²) in [5.74, 6) is 1.02. The molecule has 3 heteroatoms. The number of Topliss-reactive ketones (excluding diaryl/α,β-unsaturated/α-hetero) is 1. The summed E-state index contributed by atoms with van der Waals surface area (Å²) in [6, 6.07) is 0. The van der Waals surface area contributed by atoms with Crippen LogP contribution in [0.4, 0.5) is 0 Å². The van der Waals surface area contributed by atoms with Crippen molar-refractivity contribution in [1.82, 2.24) is 4.90 Å². The molecular formula is C9H13NO2. The Hall–Kier alpha value is -0.860. The summed E-state index contributed by atoms with van der Waals surface area (Å²) in [4.78, 5) is 24.0. The summed E-state index contributed by atoms with van der Waals surface area (Å²) in [5, 5.41) is 0. The van der Waals surface area contributed by atoms with Gasteiger partial charge in [0.05, 0.1) is 6.54 Å². The predicted octanol–water partition coefficient (Wildman–Crippen LogP) is 0.588. The maximum atomic E-state index is 11.4. The molecule has 0 radical (unpaired) electrons. The van der Waals surface area contributed by atoms with Crippen LogP contribution < -0.4 is 0 Å². The van der Waals surface area contributed by atoms with Crippen LogP contribution in [0.25, 0.3) is 0 Å². The predicted molar refractivity (Wildman–Crippen MR) is 43.5 cm³/mol. The van der Waals surface area contributed by atoms with Crippen molar-refractivity contribution in [2.75, 3.05) is 13.1 Å². The standard InChI is InChI=1S/C9H13NO2/c11-8-3-4-10(6-8)9(12)5-7-1-2-7/h7H,1-6H2. The molecule has 0 bridgehead atoms. The van der Waals surface area contributed by atoms with Crippen LogP contribution in [0.5, 0.6) is 0 Å². The summed E-state index contributed by atoms with van der Waals surface area (Å²) < 4.78 is 0. The third-order valence-electron chi connectivity index (χ3n) is 2.54. The maximum absolute atomic E-state index is 11.4. The summed E-state index contributed by atoms with van der Waals surface area (Å²) in [7, 11) is 0. The smallest absolute Gasteiger partial charge is 0.223 e. The number of hydrogen-bond donors (Lipinski definition) is 0. The molecule has 0 aromatic rings. The van der Waals surface area contributed by atoms with Crippen molar-refractivity contribution < 1.29 is 9.59 Å². The molecule has 1 saturated heterocycles. The molecule has 0 N–H and O–H groups in total. The topological polar surface area (TPSA) is 37.4 Å². The first-order chi connectivity index (χ1) is 5.75. The maximum Gasteiger partial charge on any atom is 0.223 e. The Labute approximate surface area is 71.7 Å². The Kier molecular flexibility index (Phi) is 1.87. The Morgan fingerprint density at radius 2 is 2.25 bits per heavy atom. The van der Waals surface area contributed by atoms with E-state index in [0.717, 1.165) is 0 Å². The van der Waals surface area contributed by atoms with E-state index in [1.165, 1.54) is 12.8 Å². The molecule has 1 heterocycles. The zero-order chi connectivity index (χ0) is 8.55. The highest BCUT2D eigenvalue weighted by Crippen LogP contribution is 2.33. The van der Waals surface area contributed by atoms with Crippen LogP contribution >= 0.6 is 0 Å². The monoisotopic (exact) mass is 167 g/mol. The molecule has 66 valence electrons. The lowest BCUT2D eigenvalue weighted by atomic mass is 10.2. The van der Waals surface area contributed by atoms with Crippen molar-refractivity contribution in [3.05, 3.63) is 0 Å². The van der Waals surface area contributed by atoms with Crippen LogP contribution in [0.1, 0.15) is 25.7 Å². The fraction of sp³-hybridized carbons (Fsp3) is 0.778. The Morgan fingerprint density at radius 3 is 2.75 bits per heavy atom. The van der Waals surface area contributed by atoms with E-state index in [-0.39, 0.29) is 11.7 Å². The number of rotatable bonds is 2. The van der Waals surface area contributed by atoms with Crippen molar-refractivity contribution in [2.24, 2.45) is 5.92 Å². The van der Waals surface area contributed by atoms with Crippen LogP contribution in [-0.2, 0) is 9.59 Å². The normalized spacial score (nSPS) is 23.3. The van der Waals surface area contributed by atoms with Crippen LogP contribution in [-0.4, -0.2) is 29.7 Å². The number of amides is 1. The van der Waals surface area contributed by atoms with E-state index in [1.54, 1.807) is 4.90 Å². The van der Waals surface area contributed by atoms with E-state index in [4.69, 9.17) is 0 Å². The highest BCUT2D eigenvalue weighted by molar-refractivity contribution is 5.89. The highest BCUT2D eigenvalue weighted by atomic mass is 16.2.